The summed E-state index contributed by atoms with van der Waals surface area (Å²) in [7, 11) is 0. The minimum atomic E-state index is -4.39. The van der Waals surface area contributed by atoms with Gasteiger partial charge >= 0.3 is 6.18 Å². The highest BCUT2D eigenvalue weighted by Crippen LogP contribution is 2.34. The molecule has 1 amide bonds. The van der Waals surface area contributed by atoms with E-state index in [9.17, 15) is 18.0 Å². The SMILES string of the molecule is CCCNC(=O)CNc1ncc(C(F)(F)F)s1. The van der Waals surface area contributed by atoms with Crippen LogP contribution in [0.3, 0.4) is 0 Å². The van der Waals surface area contributed by atoms with Crippen molar-refractivity contribution in [1.29, 1.82) is 0 Å². The second-order valence-corrected chi connectivity index (χ2v) is 4.26. The number of aromatic nitrogens is 1. The predicted octanol–water partition coefficient (Wildman–Crippen LogP) is 2.10. The number of carbonyl (C=O) groups is 1. The van der Waals surface area contributed by atoms with E-state index in [0.717, 1.165) is 12.6 Å². The molecule has 0 atom stereocenters. The number of halogens is 3. The quantitative estimate of drug-likeness (QED) is 0.859. The van der Waals surface area contributed by atoms with Gasteiger partial charge in [0, 0.05) is 6.54 Å². The maximum Gasteiger partial charge on any atom is 0.427 e. The van der Waals surface area contributed by atoms with Crippen molar-refractivity contribution in [2.24, 2.45) is 0 Å². The number of nitrogens with zero attached hydrogens (tertiary/aromatic N) is 1. The summed E-state index contributed by atoms with van der Waals surface area (Å²) in [4.78, 5) is 13.9. The van der Waals surface area contributed by atoms with Crippen LogP contribution >= 0.6 is 11.3 Å². The summed E-state index contributed by atoms with van der Waals surface area (Å²) < 4.78 is 36.7. The fourth-order valence-electron chi connectivity index (χ4n) is 0.970. The summed E-state index contributed by atoms with van der Waals surface area (Å²) >= 11 is 0.478. The van der Waals surface area contributed by atoms with Gasteiger partial charge in [-0.25, -0.2) is 4.98 Å². The molecule has 0 aromatic carbocycles. The standard InChI is InChI=1S/C9H12F3N3OS/c1-2-3-13-7(16)5-15-8-14-4-6(17-8)9(10,11)12/h4H,2-3,5H2,1H3,(H,13,16)(H,14,15). The minimum Gasteiger partial charge on any atom is -0.355 e. The summed E-state index contributed by atoms with van der Waals surface area (Å²) in [5.41, 5.74) is 0. The first-order chi connectivity index (χ1) is 7.93. The van der Waals surface area contributed by atoms with E-state index in [1.54, 1.807) is 0 Å². The van der Waals surface area contributed by atoms with Crippen LogP contribution < -0.4 is 10.6 Å². The van der Waals surface area contributed by atoms with Crippen LogP contribution in [0.1, 0.15) is 18.2 Å². The van der Waals surface area contributed by atoms with E-state index in [2.05, 4.69) is 15.6 Å². The molecule has 4 nitrogen and oxygen atoms in total. The van der Waals surface area contributed by atoms with Gasteiger partial charge in [0.05, 0.1) is 12.7 Å². The van der Waals surface area contributed by atoms with E-state index in [0.29, 0.717) is 17.9 Å². The molecule has 1 rings (SSSR count). The molecule has 0 aliphatic heterocycles. The van der Waals surface area contributed by atoms with Gasteiger partial charge in [0.1, 0.15) is 4.88 Å². The first kappa shape index (κ1) is 13.8. The number of carbonyl (C=O) groups excluding carboxylic acids is 1. The third-order valence-electron chi connectivity index (χ3n) is 1.76. The number of anilines is 1. The average molecular weight is 267 g/mol. The van der Waals surface area contributed by atoms with E-state index < -0.39 is 11.1 Å². The molecule has 0 aliphatic rings. The number of thiazole rings is 1. The van der Waals surface area contributed by atoms with Crippen molar-refractivity contribution < 1.29 is 18.0 Å². The molecule has 0 bridgehead atoms. The molecule has 0 spiro atoms. The van der Waals surface area contributed by atoms with E-state index in [1.807, 2.05) is 6.92 Å². The monoisotopic (exact) mass is 267 g/mol. The second-order valence-electron chi connectivity index (χ2n) is 3.23. The fourth-order valence-corrected chi connectivity index (χ4v) is 1.65. The Morgan fingerprint density at radius 2 is 2.24 bits per heavy atom. The van der Waals surface area contributed by atoms with E-state index >= 15 is 0 Å². The van der Waals surface area contributed by atoms with Crippen LogP contribution in [0, 0.1) is 0 Å². The number of hydrogen-bond donors (Lipinski definition) is 2. The molecular formula is C9H12F3N3OS. The average Bonchev–Trinajstić information content (AvgIpc) is 2.71. The summed E-state index contributed by atoms with van der Waals surface area (Å²) in [6.45, 7) is 2.38. The van der Waals surface area contributed by atoms with Gasteiger partial charge in [-0.2, -0.15) is 13.2 Å². The maximum atomic E-state index is 12.2. The Hall–Kier alpha value is -1.31. The maximum absolute atomic E-state index is 12.2. The van der Waals surface area contributed by atoms with Crippen molar-refractivity contribution >= 4 is 22.4 Å². The Morgan fingerprint density at radius 1 is 1.53 bits per heavy atom. The second kappa shape index (κ2) is 5.85. The number of amides is 1. The van der Waals surface area contributed by atoms with Gasteiger partial charge in [0.25, 0.3) is 0 Å². The molecule has 2 N–H and O–H groups in total. The van der Waals surface area contributed by atoms with Crippen LogP contribution in [0.25, 0.3) is 0 Å². The van der Waals surface area contributed by atoms with E-state index in [-0.39, 0.29) is 17.6 Å². The summed E-state index contributed by atoms with van der Waals surface area (Å²) in [5.74, 6) is -0.268. The molecule has 1 aromatic heterocycles. The van der Waals surface area contributed by atoms with Gasteiger partial charge in [-0.05, 0) is 6.42 Å². The first-order valence-electron chi connectivity index (χ1n) is 4.97. The number of hydrogen-bond acceptors (Lipinski definition) is 4. The normalized spacial score (nSPS) is 11.3. The van der Waals surface area contributed by atoms with Gasteiger partial charge in [-0.15, -0.1) is 0 Å². The van der Waals surface area contributed by atoms with Crippen molar-refractivity contribution in [3.8, 4) is 0 Å². The lowest BCUT2D eigenvalue weighted by molar-refractivity contribution is -0.134. The number of alkyl halides is 3. The van der Waals surface area contributed by atoms with Crippen LogP contribution in [-0.4, -0.2) is 24.0 Å². The van der Waals surface area contributed by atoms with Crippen LogP contribution in [0.2, 0.25) is 0 Å². The van der Waals surface area contributed by atoms with Crippen molar-refractivity contribution in [2.75, 3.05) is 18.4 Å². The lowest BCUT2D eigenvalue weighted by Crippen LogP contribution is -2.30. The minimum absolute atomic E-state index is 0.0786. The summed E-state index contributed by atoms with van der Waals surface area (Å²) in [6, 6.07) is 0. The third kappa shape index (κ3) is 4.59. The highest BCUT2D eigenvalue weighted by atomic mass is 32.1. The van der Waals surface area contributed by atoms with Gasteiger partial charge in [0.15, 0.2) is 5.13 Å². The van der Waals surface area contributed by atoms with E-state index in [1.165, 1.54) is 0 Å². The lowest BCUT2D eigenvalue weighted by Gasteiger charge is -2.03. The smallest absolute Gasteiger partial charge is 0.355 e. The van der Waals surface area contributed by atoms with Gasteiger partial charge < -0.3 is 10.6 Å². The van der Waals surface area contributed by atoms with Gasteiger partial charge in [0.2, 0.25) is 5.91 Å². The van der Waals surface area contributed by atoms with Gasteiger partial charge in [-0.3, -0.25) is 4.79 Å². The number of rotatable bonds is 5. The molecule has 0 fully saturated rings. The Bertz CT molecular complexity index is 378. The molecular weight excluding hydrogens is 255 g/mol. The van der Waals surface area contributed by atoms with Gasteiger partial charge in [-0.1, -0.05) is 18.3 Å². The van der Waals surface area contributed by atoms with Crippen molar-refractivity contribution in [2.45, 2.75) is 19.5 Å². The lowest BCUT2D eigenvalue weighted by atomic mass is 10.4. The Morgan fingerprint density at radius 3 is 2.76 bits per heavy atom. The molecule has 1 heterocycles. The van der Waals surface area contributed by atoms with E-state index in [4.69, 9.17) is 0 Å². The summed E-state index contributed by atoms with van der Waals surface area (Å²) in [5, 5.41) is 5.22. The molecule has 0 saturated carbocycles. The summed E-state index contributed by atoms with van der Waals surface area (Å²) in [6.07, 6.45) is -2.83. The van der Waals surface area contributed by atoms with Crippen LogP contribution in [-0.2, 0) is 11.0 Å². The van der Waals surface area contributed by atoms with Crippen LogP contribution in [0.4, 0.5) is 18.3 Å². The van der Waals surface area contributed by atoms with Crippen molar-refractivity contribution in [3.63, 3.8) is 0 Å². The van der Waals surface area contributed by atoms with Crippen LogP contribution in [0.5, 0.6) is 0 Å². The third-order valence-corrected chi connectivity index (χ3v) is 2.76. The predicted molar refractivity (Wildman–Crippen MR) is 58.9 cm³/mol. The zero-order valence-electron chi connectivity index (χ0n) is 9.10. The molecule has 0 saturated heterocycles. The highest BCUT2D eigenvalue weighted by Gasteiger charge is 2.33. The highest BCUT2D eigenvalue weighted by molar-refractivity contribution is 7.15. The topological polar surface area (TPSA) is 54.0 Å². The molecule has 17 heavy (non-hydrogen) atoms. The largest absolute Gasteiger partial charge is 0.427 e. The van der Waals surface area contributed by atoms with Crippen molar-refractivity contribution in [3.05, 3.63) is 11.1 Å². The molecule has 0 aliphatic carbocycles. The zero-order chi connectivity index (χ0) is 12.9. The van der Waals surface area contributed by atoms with Crippen molar-refractivity contribution in [1.82, 2.24) is 10.3 Å². The Balaban J connectivity index is 2.42. The molecule has 1 aromatic rings. The Kier molecular flexibility index (Phi) is 4.73. The van der Waals surface area contributed by atoms with Crippen LogP contribution in [0.15, 0.2) is 6.20 Å². The Labute approximate surface area is 100 Å². The first-order valence-corrected chi connectivity index (χ1v) is 5.78. The zero-order valence-corrected chi connectivity index (χ0v) is 9.91. The fraction of sp³-hybridized carbons (Fsp3) is 0.556. The molecule has 0 radical (unpaired) electrons. The number of nitrogens with one attached hydrogen (secondary N) is 2. The molecule has 96 valence electrons. The molecule has 8 heteroatoms. The molecule has 0 unspecified atom stereocenters.